The minimum atomic E-state index is -0.141. The lowest BCUT2D eigenvalue weighted by atomic mass is 10.00. The first-order valence-electron chi connectivity index (χ1n) is 11.2. The molecule has 6 heteroatoms. The summed E-state index contributed by atoms with van der Waals surface area (Å²) in [5, 5.41) is 2.09. The molecule has 1 atom stereocenters. The average Bonchev–Trinajstić information content (AvgIpc) is 3.24. The molecule has 0 fully saturated rings. The van der Waals surface area contributed by atoms with Crippen LogP contribution in [0.15, 0.2) is 35.7 Å². The molecule has 2 aromatic rings. The van der Waals surface area contributed by atoms with E-state index in [1.165, 1.54) is 16.0 Å². The van der Waals surface area contributed by atoms with E-state index in [9.17, 15) is 9.59 Å². The van der Waals surface area contributed by atoms with Crippen LogP contribution in [0.4, 0.5) is 0 Å². The lowest BCUT2D eigenvalue weighted by Gasteiger charge is -2.37. The number of carbonyl (C=O) groups excluding carboxylic acids is 2. The highest BCUT2D eigenvalue weighted by atomic mass is 32.1. The zero-order chi connectivity index (χ0) is 22.5. The summed E-state index contributed by atoms with van der Waals surface area (Å²) in [5.74, 6) is 1.28. The normalized spacial score (nSPS) is 15.8. The molecule has 0 spiro atoms. The minimum absolute atomic E-state index is 0.00734. The van der Waals surface area contributed by atoms with Gasteiger partial charge in [0.15, 0.2) is 0 Å². The molecule has 0 aliphatic carbocycles. The molecule has 1 aliphatic rings. The van der Waals surface area contributed by atoms with Crippen molar-refractivity contribution in [3.05, 3.63) is 51.7 Å². The quantitative estimate of drug-likeness (QED) is 0.577. The molecule has 0 saturated heterocycles. The standard InChI is InChI=1S/C25H34N2O3S/c1-6-24(28)27(18(4)5)15-25(29)26-13-11-23-21(12-14-31-23)22(26)16-30-20-9-7-19(8-10-20)17(2)3/h7-10,12,14,17-18,22H,6,11,13,15-16H2,1-5H3/t22-/m1/s1. The number of fused-ring (bicyclic) bond motifs is 1. The highest BCUT2D eigenvalue weighted by Crippen LogP contribution is 2.34. The number of hydrogen-bond acceptors (Lipinski definition) is 4. The Morgan fingerprint density at radius 3 is 2.48 bits per heavy atom. The molecule has 3 rings (SSSR count). The smallest absolute Gasteiger partial charge is 0.242 e. The molecule has 2 heterocycles. The first kappa shape index (κ1) is 23.3. The van der Waals surface area contributed by atoms with E-state index in [4.69, 9.17) is 4.74 Å². The van der Waals surface area contributed by atoms with E-state index in [0.717, 1.165) is 12.2 Å². The fourth-order valence-corrected chi connectivity index (χ4v) is 4.93. The van der Waals surface area contributed by atoms with E-state index in [0.29, 0.717) is 25.5 Å². The Hall–Kier alpha value is -2.34. The van der Waals surface area contributed by atoms with Gasteiger partial charge < -0.3 is 14.5 Å². The average molecular weight is 443 g/mol. The molecular formula is C25H34N2O3S. The highest BCUT2D eigenvalue weighted by molar-refractivity contribution is 7.10. The molecule has 2 amide bonds. The van der Waals surface area contributed by atoms with E-state index in [2.05, 4.69) is 37.4 Å². The number of carbonyl (C=O) groups is 2. The van der Waals surface area contributed by atoms with Gasteiger partial charge in [-0.1, -0.05) is 32.9 Å². The van der Waals surface area contributed by atoms with Gasteiger partial charge in [-0.2, -0.15) is 0 Å². The Bertz CT molecular complexity index is 888. The van der Waals surface area contributed by atoms with Gasteiger partial charge in [0.1, 0.15) is 12.4 Å². The molecule has 1 aromatic heterocycles. The van der Waals surface area contributed by atoms with Crippen molar-refractivity contribution in [2.75, 3.05) is 19.7 Å². The van der Waals surface area contributed by atoms with Crippen molar-refractivity contribution in [1.82, 2.24) is 9.80 Å². The largest absolute Gasteiger partial charge is 0.491 e. The number of hydrogen-bond donors (Lipinski definition) is 0. The summed E-state index contributed by atoms with van der Waals surface area (Å²) in [6.45, 7) is 11.3. The summed E-state index contributed by atoms with van der Waals surface area (Å²) in [7, 11) is 0. The van der Waals surface area contributed by atoms with Gasteiger partial charge in [0.25, 0.3) is 0 Å². The molecule has 1 aliphatic heterocycles. The molecule has 0 saturated carbocycles. The second-order valence-corrected chi connectivity index (χ2v) is 9.66. The number of rotatable bonds is 8. The highest BCUT2D eigenvalue weighted by Gasteiger charge is 2.33. The number of amides is 2. The SMILES string of the molecule is CCC(=O)N(CC(=O)N1CCc2sccc2[C@H]1COc1ccc(C(C)C)cc1)C(C)C. The van der Waals surface area contributed by atoms with E-state index in [1.807, 2.05) is 37.8 Å². The van der Waals surface area contributed by atoms with Crippen molar-refractivity contribution in [2.45, 2.75) is 65.5 Å². The number of nitrogens with zero attached hydrogens (tertiary/aromatic N) is 2. The zero-order valence-corrected chi connectivity index (χ0v) is 20.1. The Morgan fingerprint density at radius 2 is 1.87 bits per heavy atom. The van der Waals surface area contributed by atoms with E-state index >= 15 is 0 Å². The summed E-state index contributed by atoms with van der Waals surface area (Å²) in [5.41, 5.74) is 2.44. The van der Waals surface area contributed by atoms with Gasteiger partial charge in [0.2, 0.25) is 11.8 Å². The maximum Gasteiger partial charge on any atom is 0.242 e. The van der Waals surface area contributed by atoms with Crippen LogP contribution >= 0.6 is 11.3 Å². The number of thiophene rings is 1. The minimum Gasteiger partial charge on any atom is -0.491 e. The zero-order valence-electron chi connectivity index (χ0n) is 19.3. The summed E-state index contributed by atoms with van der Waals surface area (Å²) in [4.78, 5) is 30.5. The van der Waals surface area contributed by atoms with E-state index < -0.39 is 0 Å². The number of ether oxygens (including phenoxy) is 1. The van der Waals surface area contributed by atoms with Crippen LogP contribution in [0.3, 0.4) is 0 Å². The van der Waals surface area contributed by atoms with Crippen LogP contribution < -0.4 is 4.74 Å². The van der Waals surface area contributed by atoms with Crippen LogP contribution in [0.2, 0.25) is 0 Å². The van der Waals surface area contributed by atoms with Crippen LogP contribution in [-0.2, 0) is 16.0 Å². The van der Waals surface area contributed by atoms with Crippen LogP contribution in [0.25, 0.3) is 0 Å². The Balaban J connectivity index is 1.76. The van der Waals surface area contributed by atoms with Gasteiger partial charge in [0.05, 0.1) is 12.6 Å². The summed E-state index contributed by atoms with van der Waals surface area (Å²) in [6.07, 6.45) is 1.25. The van der Waals surface area contributed by atoms with Crippen molar-refractivity contribution in [1.29, 1.82) is 0 Å². The maximum absolute atomic E-state index is 13.3. The Kier molecular flexibility index (Phi) is 7.76. The van der Waals surface area contributed by atoms with E-state index in [1.54, 1.807) is 16.2 Å². The Labute approximate surface area is 190 Å². The fraction of sp³-hybridized carbons (Fsp3) is 0.520. The van der Waals surface area contributed by atoms with Crippen molar-refractivity contribution >= 4 is 23.2 Å². The van der Waals surface area contributed by atoms with Crippen LogP contribution in [0, 0.1) is 0 Å². The second-order valence-electron chi connectivity index (χ2n) is 8.66. The third-order valence-electron chi connectivity index (χ3n) is 5.92. The third kappa shape index (κ3) is 5.48. The van der Waals surface area contributed by atoms with Gasteiger partial charge in [-0.25, -0.2) is 0 Å². The lowest BCUT2D eigenvalue weighted by Crippen LogP contribution is -2.49. The van der Waals surface area contributed by atoms with Crippen molar-refractivity contribution < 1.29 is 14.3 Å². The third-order valence-corrected chi connectivity index (χ3v) is 6.92. The summed E-state index contributed by atoms with van der Waals surface area (Å²) in [6, 6.07) is 10.1. The molecule has 168 valence electrons. The van der Waals surface area contributed by atoms with Crippen molar-refractivity contribution in [2.24, 2.45) is 0 Å². The number of benzene rings is 1. The van der Waals surface area contributed by atoms with Gasteiger partial charge in [0, 0.05) is 23.9 Å². The molecule has 0 unspecified atom stereocenters. The van der Waals surface area contributed by atoms with Crippen molar-refractivity contribution in [3.63, 3.8) is 0 Å². The maximum atomic E-state index is 13.3. The predicted molar refractivity (Wildman–Crippen MR) is 126 cm³/mol. The summed E-state index contributed by atoms with van der Waals surface area (Å²) < 4.78 is 6.14. The molecule has 0 N–H and O–H groups in total. The Morgan fingerprint density at radius 1 is 1.16 bits per heavy atom. The molecule has 0 bridgehead atoms. The van der Waals surface area contributed by atoms with Gasteiger partial charge in [-0.05, 0) is 60.9 Å². The summed E-state index contributed by atoms with van der Waals surface area (Å²) >= 11 is 1.74. The molecule has 1 aromatic carbocycles. The first-order chi connectivity index (χ1) is 14.8. The fourth-order valence-electron chi connectivity index (χ4n) is 4.00. The van der Waals surface area contributed by atoms with Gasteiger partial charge in [-0.15, -0.1) is 11.3 Å². The second kappa shape index (κ2) is 10.3. The monoisotopic (exact) mass is 442 g/mol. The first-order valence-corrected chi connectivity index (χ1v) is 12.1. The predicted octanol–water partition coefficient (Wildman–Crippen LogP) is 5.02. The van der Waals surface area contributed by atoms with Crippen molar-refractivity contribution in [3.8, 4) is 5.75 Å². The lowest BCUT2D eigenvalue weighted by molar-refractivity contribution is -0.144. The molecule has 0 radical (unpaired) electrons. The van der Waals surface area contributed by atoms with Gasteiger partial charge >= 0.3 is 0 Å². The van der Waals surface area contributed by atoms with Gasteiger partial charge in [-0.3, -0.25) is 9.59 Å². The van der Waals surface area contributed by atoms with E-state index in [-0.39, 0.29) is 30.4 Å². The topological polar surface area (TPSA) is 49.9 Å². The van der Waals surface area contributed by atoms with Crippen LogP contribution in [0.5, 0.6) is 5.75 Å². The molecule has 5 nitrogen and oxygen atoms in total. The molecule has 31 heavy (non-hydrogen) atoms. The van der Waals surface area contributed by atoms with Crippen LogP contribution in [0.1, 0.15) is 69.0 Å². The van der Waals surface area contributed by atoms with Crippen LogP contribution in [-0.4, -0.2) is 47.4 Å². The molecular weight excluding hydrogens is 408 g/mol.